The van der Waals surface area contributed by atoms with Gasteiger partial charge in [0, 0.05) is 25.0 Å². The molecule has 1 heterocycles. The molecular formula is C16H24O5. The summed E-state index contributed by atoms with van der Waals surface area (Å²) in [6.07, 6.45) is 5.25. The predicted octanol–water partition coefficient (Wildman–Crippen LogP) is 1.67. The molecule has 5 nitrogen and oxygen atoms in total. The van der Waals surface area contributed by atoms with E-state index < -0.39 is 16.8 Å². The Bertz CT molecular complexity index is 448. The summed E-state index contributed by atoms with van der Waals surface area (Å²) in [6, 6.07) is 0. The lowest BCUT2D eigenvalue weighted by atomic mass is 9.35. The van der Waals surface area contributed by atoms with Crippen molar-refractivity contribution in [2.24, 2.45) is 22.7 Å². The SMILES string of the molecule is CCCCOC[C@H]1[C@H](CO)[C@]23CCCC[C@]12C(=O)OC3=O. The van der Waals surface area contributed by atoms with Crippen LogP contribution in [0.15, 0.2) is 0 Å². The number of hydrogen-bond donors (Lipinski definition) is 1. The van der Waals surface area contributed by atoms with Gasteiger partial charge in [-0.2, -0.15) is 0 Å². The average molecular weight is 296 g/mol. The molecule has 1 saturated heterocycles. The molecule has 0 spiro atoms. The van der Waals surface area contributed by atoms with Crippen molar-refractivity contribution in [3.05, 3.63) is 0 Å². The normalized spacial score (nSPS) is 41.2. The quantitative estimate of drug-likeness (QED) is 0.458. The van der Waals surface area contributed by atoms with Crippen molar-refractivity contribution >= 4 is 11.9 Å². The van der Waals surface area contributed by atoms with E-state index in [0.717, 1.165) is 25.7 Å². The summed E-state index contributed by atoms with van der Waals surface area (Å²) in [5.41, 5.74) is -1.49. The van der Waals surface area contributed by atoms with Gasteiger partial charge >= 0.3 is 11.9 Å². The lowest BCUT2D eigenvalue weighted by Gasteiger charge is -2.63. The van der Waals surface area contributed by atoms with Gasteiger partial charge in [-0.3, -0.25) is 9.59 Å². The minimum Gasteiger partial charge on any atom is -0.396 e. The number of ether oxygens (including phenoxy) is 2. The maximum absolute atomic E-state index is 12.4. The summed E-state index contributed by atoms with van der Waals surface area (Å²) in [7, 11) is 0. The van der Waals surface area contributed by atoms with E-state index in [1.54, 1.807) is 0 Å². The molecule has 21 heavy (non-hydrogen) atoms. The Morgan fingerprint density at radius 1 is 1.19 bits per heavy atom. The van der Waals surface area contributed by atoms with Crippen LogP contribution in [-0.4, -0.2) is 36.9 Å². The molecule has 0 aromatic heterocycles. The Kier molecular flexibility index (Phi) is 3.82. The molecule has 0 amide bonds. The molecule has 0 aromatic carbocycles. The van der Waals surface area contributed by atoms with Crippen molar-refractivity contribution < 1.29 is 24.2 Å². The van der Waals surface area contributed by atoms with Crippen molar-refractivity contribution in [1.82, 2.24) is 0 Å². The Labute approximate surface area is 125 Å². The monoisotopic (exact) mass is 296 g/mol. The van der Waals surface area contributed by atoms with E-state index in [1.807, 2.05) is 0 Å². The summed E-state index contributed by atoms with van der Waals surface area (Å²) < 4.78 is 10.7. The first-order valence-corrected chi connectivity index (χ1v) is 8.10. The van der Waals surface area contributed by atoms with Gasteiger partial charge in [-0.15, -0.1) is 0 Å². The highest BCUT2D eigenvalue weighted by Gasteiger charge is 2.83. The number of rotatable bonds is 6. The molecule has 118 valence electrons. The van der Waals surface area contributed by atoms with Crippen molar-refractivity contribution in [2.45, 2.75) is 45.4 Å². The third-order valence-corrected chi connectivity index (χ3v) is 5.99. The highest BCUT2D eigenvalue weighted by atomic mass is 16.6. The van der Waals surface area contributed by atoms with Crippen molar-refractivity contribution in [3.63, 3.8) is 0 Å². The van der Waals surface area contributed by atoms with E-state index >= 15 is 0 Å². The topological polar surface area (TPSA) is 72.8 Å². The summed E-state index contributed by atoms with van der Waals surface area (Å²) >= 11 is 0. The first-order valence-electron chi connectivity index (χ1n) is 8.10. The molecular weight excluding hydrogens is 272 g/mol. The van der Waals surface area contributed by atoms with Crippen molar-refractivity contribution in [3.8, 4) is 0 Å². The van der Waals surface area contributed by atoms with Crippen molar-refractivity contribution in [2.75, 3.05) is 19.8 Å². The number of aliphatic hydroxyl groups excluding tert-OH is 1. The minimum absolute atomic E-state index is 0.0774. The number of esters is 2. The van der Waals surface area contributed by atoms with E-state index in [-0.39, 0.29) is 24.4 Å². The summed E-state index contributed by atoms with van der Waals surface area (Å²) in [5, 5.41) is 9.77. The zero-order valence-corrected chi connectivity index (χ0v) is 12.6. The van der Waals surface area contributed by atoms with E-state index in [1.165, 1.54) is 0 Å². The van der Waals surface area contributed by atoms with Gasteiger partial charge in [-0.25, -0.2) is 0 Å². The molecule has 3 fully saturated rings. The molecule has 0 aromatic rings. The standard InChI is InChI=1S/C16H24O5/c1-2-3-8-20-10-12-11(9-17)15-6-4-5-7-16(12,15)14(19)21-13(15)18/h11-12,17H,2-10H2,1H3/t11-,12-,15-,16+/m0/s1. The second-order valence-corrected chi connectivity index (χ2v) is 6.65. The lowest BCUT2D eigenvalue weighted by Crippen LogP contribution is -2.70. The predicted molar refractivity (Wildman–Crippen MR) is 74.2 cm³/mol. The lowest BCUT2D eigenvalue weighted by molar-refractivity contribution is -0.227. The van der Waals surface area contributed by atoms with E-state index in [9.17, 15) is 14.7 Å². The molecule has 0 bridgehead atoms. The van der Waals surface area contributed by atoms with Gasteiger partial charge in [0.1, 0.15) is 0 Å². The number of cyclic esters (lactones) is 2. The third-order valence-electron chi connectivity index (χ3n) is 5.99. The number of carbonyl (C=O) groups excluding carboxylic acids is 2. The summed E-state index contributed by atoms with van der Waals surface area (Å²) in [5.74, 6) is -1.06. The van der Waals surface area contributed by atoms with E-state index in [2.05, 4.69) is 6.92 Å². The first-order chi connectivity index (χ1) is 10.1. The number of unbranched alkanes of at least 4 members (excludes halogenated alkanes) is 1. The van der Waals surface area contributed by atoms with Crippen LogP contribution < -0.4 is 0 Å². The summed E-state index contributed by atoms with van der Waals surface area (Å²) in [6.45, 7) is 3.12. The molecule has 1 N–H and O–H groups in total. The molecule has 2 aliphatic carbocycles. The number of hydrogen-bond acceptors (Lipinski definition) is 5. The molecule has 1 aliphatic heterocycles. The Hall–Kier alpha value is -0.940. The molecule has 0 unspecified atom stereocenters. The Balaban J connectivity index is 1.84. The highest BCUT2D eigenvalue weighted by molar-refractivity contribution is 6.04. The first kappa shape index (κ1) is 15.0. The van der Waals surface area contributed by atoms with Crippen molar-refractivity contribution in [1.29, 1.82) is 0 Å². The Morgan fingerprint density at radius 3 is 2.38 bits per heavy atom. The highest BCUT2D eigenvalue weighted by Crippen LogP contribution is 2.74. The van der Waals surface area contributed by atoms with Crippen LogP contribution in [0.2, 0.25) is 0 Å². The van der Waals surface area contributed by atoms with Gasteiger partial charge in [0.15, 0.2) is 0 Å². The fourth-order valence-electron chi connectivity index (χ4n) is 5.01. The zero-order chi connectivity index (χ0) is 15.1. The second kappa shape index (κ2) is 5.36. The molecule has 3 aliphatic rings. The fraction of sp³-hybridized carbons (Fsp3) is 0.875. The average Bonchev–Trinajstić information content (AvgIpc) is 2.67. The maximum atomic E-state index is 12.4. The van der Waals surface area contributed by atoms with E-state index in [4.69, 9.17) is 9.47 Å². The van der Waals surface area contributed by atoms with Crippen LogP contribution in [0.25, 0.3) is 0 Å². The molecule has 2 saturated carbocycles. The van der Waals surface area contributed by atoms with Crippen LogP contribution >= 0.6 is 0 Å². The van der Waals surface area contributed by atoms with Gasteiger partial charge in [0.2, 0.25) is 0 Å². The summed E-state index contributed by atoms with van der Waals surface area (Å²) in [4.78, 5) is 24.7. The van der Waals surface area contributed by atoms with Gasteiger partial charge < -0.3 is 14.6 Å². The van der Waals surface area contributed by atoms with Crippen LogP contribution in [0, 0.1) is 22.7 Å². The van der Waals surface area contributed by atoms with Crippen LogP contribution in [0.5, 0.6) is 0 Å². The third kappa shape index (κ3) is 1.70. The largest absolute Gasteiger partial charge is 0.396 e. The van der Waals surface area contributed by atoms with Gasteiger partial charge in [-0.1, -0.05) is 26.2 Å². The molecule has 4 atom stereocenters. The minimum atomic E-state index is -0.768. The number of carbonyl (C=O) groups is 2. The maximum Gasteiger partial charge on any atom is 0.321 e. The smallest absolute Gasteiger partial charge is 0.321 e. The van der Waals surface area contributed by atoms with E-state index in [0.29, 0.717) is 26.1 Å². The molecule has 5 heteroatoms. The van der Waals surface area contributed by atoms with Gasteiger partial charge in [-0.05, 0) is 19.3 Å². The van der Waals surface area contributed by atoms with Crippen LogP contribution in [0.4, 0.5) is 0 Å². The fourth-order valence-corrected chi connectivity index (χ4v) is 5.01. The molecule has 0 radical (unpaired) electrons. The Morgan fingerprint density at radius 2 is 1.81 bits per heavy atom. The zero-order valence-electron chi connectivity index (χ0n) is 12.6. The van der Waals surface area contributed by atoms with Gasteiger partial charge in [0.25, 0.3) is 0 Å². The van der Waals surface area contributed by atoms with Crippen LogP contribution in [0.3, 0.4) is 0 Å². The van der Waals surface area contributed by atoms with Crippen LogP contribution in [-0.2, 0) is 19.1 Å². The second-order valence-electron chi connectivity index (χ2n) is 6.65. The van der Waals surface area contributed by atoms with Crippen LogP contribution in [0.1, 0.15) is 45.4 Å². The molecule has 3 rings (SSSR count). The van der Waals surface area contributed by atoms with Gasteiger partial charge in [0.05, 0.1) is 17.4 Å². The number of aliphatic hydroxyl groups is 1.